The highest BCUT2D eigenvalue weighted by Gasteiger charge is 2.31. The molecule has 21 heavy (non-hydrogen) atoms. The molecule has 0 aliphatic carbocycles. The van der Waals surface area contributed by atoms with E-state index in [1.807, 2.05) is 11.8 Å². The van der Waals surface area contributed by atoms with Crippen LogP contribution in [0.15, 0.2) is 18.5 Å². The third-order valence-corrected chi connectivity index (χ3v) is 3.16. The molecule has 0 atom stereocenters. The van der Waals surface area contributed by atoms with Gasteiger partial charge in [0.25, 0.3) is 0 Å². The average molecular weight is 290 g/mol. The van der Waals surface area contributed by atoms with Crippen molar-refractivity contribution >= 4 is 11.9 Å². The minimum Gasteiger partial charge on any atom is -0.478 e. The largest absolute Gasteiger partial charge is 0.478 e. The van der Waals surface area contributed by atoms with Crippen LogP contribution in [-0.2, 0) is 0 Å². The van der Waals surface area contributed by atoms with Gasteiger partial charge in [-0.2, -0.15) is 4.98 Å². The van der Waals surface area contributed by atoms with Crippen LogP contribution in [0, 0.1) is 0 Å². The Morgan fingerprint density at radius 2 is 2.33 bits per heavy atom. The van der Waals surface area contributed by atoms with E-state index in [0.717, 1.165) is 0 Å². The molecule has 3 heterocycles. The van der Waals surface area contributed by atoms with Gasteiger partial charge in [0.2, 0.25) is 11.8 Å². The lowest BCUT2D eigenvalue weighted by Crippen LogP contribution is -2.48. The number of anilines is 1. The summed E-state index contributed by atoms with van der Waals surface area (Å²) in [5.41, 5.74) is -0.0527. The number of aromatic nitrogens is 5. The Labute approximate surface area is 120 Å². The number of carboxylic acids is 1. The van der Waals surface area contributed by atoms with Crippen LogP contribution < -0.4 is 9.64 Å². The van der Waals surface area contributed by atoms with E-state index in [1.54, 1.807) is 16.9 Å². The molecule has 0 spiro atoms. The lowest BCUT2D eigenvalue weighted by Gasteiger charge is -2.38. The highest BCUT2D eigenvalue weighted by atomic mass is 16.5. The van der Waals surface area contributed by atoms with Gasteiger partial charge in [0.15, 0.2) is 5.69 Å². The molecule has 0 radical (unpaired) electrons. The van der Waals surface area contributed by atoms with Crippen molar-refractivity contribution in [3.05, 3.63) is 24.2 Å². The van der Waals surface area contributed by atoms with Crippen molar-refractivity contribution in [2.45, 2.75) is 13.0 Å². The zero-order valence-corrected chi connectivity index (χ0v) is 11.4. The fourth-order valence-corrected chi connectivity index (χ4v) is 2.05. The van der Waals surface area contributed by atoms with Crippen molar-refractivity contribution in [3.8, 4) is 5.88 Å². The summed E-state index contributed by atoms with van der Waals surface area (Å²) in [7, 11) is 0. The SMILES string of the molecule is CCOc1ccnc(N2CC(n3cc(C(=O)O)nn3)C2)n1. The zero-order chi connectivity index (χ0) is 14.8. The normalized spacial score (nSPS) is 14.8. The van der Waals surface area contributed by atoms with Gasteiger partial charge >= 0.3 is 5.97 Å². The lowest BCUT2D eigenvalue weighted by atomic mass is 10.1. The molecular formula is C12H14N6O3. The summed E-state index contributed by atoms with van der Waals surface area (Å²) in [4.78, 5) is 21.2. The van der Waals surface area contributed by atoms with Gasteiger partial charge in [0.1, 0.15) is 0 Å². The van der Waals surface area contributed by atoms with Crippen LogP contribution in [0.4, 0.5) is 5.95 Å². The number of hydrogen-bond donors (Lipinski definition) is 1. The first-order chi connectivity index (χ1) is 10.2. The van der Waals surface area contributed by atoms with E-state index < -0.39 is 5.97 Å². The van der Waals surface area contributed by atoms with Crippen LogP contribution >= 0.6 is 0 Å². The molecule has 1 saturated heterocycles. The van der Waals surface area contributed by atoms with Gasteiger partial charge in [-0.3, -0.25) is 0 Å². The van der Waals surface area contributed by atoms with Crippen molar-refractivity contribution in [1.82, 2.24) is 25.0 Å². The van der Waals surface area contributed by atoms with Crippen molar-refractivity contribution in [2.24, 2.45) is 0 Å². The molecule has 1 aliphatic rings. The molecule has 0 unspecified atom stereocenters. The second-order valence-electron chi connectivity index (χ2n) is 4.58. The van der Waals surface area contributed by atoms with Crippen molar-refractivity contribution < 1.29 is 14.6 Å². The van der Waals surface area contributed by atoms with Crippen LogP contribution in [0.25, 0.3) is 0 Å². The second-order valence-corrected chi connectivity index (χ2v) is 4.58. The van der Waals surface area contributed by atoms with E-state index in [1.165, 1.54) is 6.20 Å². The average Bonchev–Trinajstić information content (AvgIpc) is 2.87. The van der Waals surface area contributed by atoms with E-state index >= 15 is 0 Å². The zero-order valence-electron chi connectivity index (χ0n) is 11.4. The smallest absolute Gasteiger partial charge is 0.358 e. The monoisotopic (exact) mass is 290 g/mol. The molecule has 0 saturated carbocycles. The Morgan fingerprint density at radius 1 is 1.52 bits per heavy atom. The van der Waals surface area contributed by atoms with Gasteiger partial charge in [-0.25, -0.2) is 14.5 Å². The van der Waals surface area contributed by atoms with Gasteiger partial charge in [-0.15, -0.1) is 5.10 Å². The Bertz CT molecular complexity index is 652. The molecule has 1 N–H and O–H groups in total. The molecule has 2 aromatic heterocycles. The summed E-state index contributed by atoms with van der Waals surface area (Å²) >= 11 is 0. The predicted molar refractivity (Wildman–Crippen MR) is 71.4 cm³/mol. The third-order valence-electron chi connectivity index (χ3n) is 3.16. The quantitative estimate of drug-likeness (QED) is 0.833. The summed E-state index contributed by atoms with van der Waals surface area (Å²) in [6.45, 7) is 3.75. The maximum atomic E-state index is 10.8. The van der Waals surface area contributed by atoms with E-state index in [4.69, 9.17) is 9.84 Å². The minimum absolute atomic E-state index is 0.0527. The molecule has 0 bridgehead atoms. The summed E-state index contributed by atoms with van der Waals surface area (Å²) in [5.74, 6) is 0.0563. The molecule has 1 aliphatic heterocycles. The van der Waals surface area contributed by atoms with Crippen LogP contribution in [0.3, 0.4) is 0 Å². The van der Waals surface area contributed by atoms with Crippen molar-refractivity contribution in [2.75, 3.05) is 24.6 Å². The summed E-state index contributed by atoms with van der Waals surface area (Å²) in [6.07, 6.45) is 3.08. The van der Waals surface area contributed by atoms with Gasteiger partial charge in [0, 0.05) is 25.4 Å². The van der Waals surface area contributed by atoms with Gasteiger partial charge in [-0.1, -0.05) is 5.21 Å². The molecule has 9 heteroatoms. The van der Waals surface area contributed by atoms with E-state index in [9.17, 15) is 4.79 Å². The first-order valence-electron chi connectivity index (χ1n) is 6.53. The number of carbonyl (C=O) groups is 1. The van der Waals surface area contributed by atoms with Gasteiger partial charge < -0.3 is 14.7 Å². The fourth-order valence-electron chi connectivity index (χ4n) is 2.05. The number of hydrogen-bond acceptors (Lipinski definition) is 7. The molecule has 2 aromatic rings. The molecule has 3 rings (SSSR count). The summed E-state index contributed by atoms with van der Waals surface area (Å²) in [6, 6.07) is 1.78. The van der Waals surface area contributed by atoms with Crippen molar-refractivity contribution in [3.63, 3.8) is 0 Å². The van der Waals surface area contributed by atoms with Crippen LogP contribution in [0.5, 0.6) is 5.88 Å². The molecule has 0 amide bonds. The van der Waals surface area contributed by atoms with Crippen molar-refractivity contribution in [1.29, 1.82) is 0 Å². The fraction of sp³-hybridized carbons (Fsp3) is 0.417. The molecule has 0 aromatic carbocycles. The number of rotatable bonds is 5. The Morgan fingerprint density at radius 3 is 3.00 bits per heavy atom. The maximum Gasteiger partial charge on any atom is 0.358 e. The Balaban J connectivity index is 1.64. The molecule has 1 fully saturated rings. The number of ether oxygens (including phenoxy) is 1. The lowest BCUT2D eigenvalue weighted by molar-refractivity contribution is 0.0690. The topological polar surface area (TPSA) is 106 Å². The van der Waals surface area contributed by atoms with Crippen LogP contribution in [0.1, 0.15) is 23.5 Å². The van der Waals surface area contributed by atoms with E-state index in [0.29, 0.717) is 31.5 Å². The number of aromatic carboxylic acids is 1. The summed E-state index contributed by atoms with van der Waals surface area (Å²) < 4.78 is 6.90. The number of carboxylic acid groups (broad SMARTS) is 1. The second kappa shape index (κ2) is 5.35. The maximum absolute atomic E-state index is 10.8. The molecule has 110 valence electrons. The van der Waals surface area contributed by atoms with Crippen LogP contribution in [0.2, 0.25) is 0 Å². The Kier molecular flexibility index (Phi) is 3.38. The van der Waals surface area contributed by atoms with E-state index in [-0.39, 0.29) is 11.7 Å². The minimum atomic E-state index is -1.08. The first-order valence-corrected chi connectivity index (χ1v) is 6.53. The highest BCUT2D eigenvalue weighted by molar-refractivity contribution is 5.84. The Hall–Kier alpha value is -2.71. The standard InChI is InChI=1S/C12H14N6O3/c1-2-21-10-3-4-13-12(14-10)17-5-8(6-17)18-7-9(11(19)20)15-16-18/h3-4,7-8H,2,5-6H2,1H3,(H,19,20). The summed E-state index contributed by atoms with van der Waals surface area (Å²) in [5, 5.41) is 16.2. The number of nitrogens with zero attached hydrogens (tertiary/aromatic N) is 6. The predicted octanol–water partition coefficient (Wildman–Crippen LogP) is 0.226. The van der Waals surface area contributed by atoms with E-state index in [2.05, 4.69) is 20.3 Å². The first kappa shape index (κ1) is 13.3. The highest BCUT2D eigenvalue weighted by Crippen LogP contribution is 2.25. The van der Waals surface area contributed by atoms with Gasteiger partial charge in [0.05, 0.1) is 18.8 Å². The third kappa shape index (κ3) is 2.62. The molecular weight excluding hydrogens is 276 g/mol. The van der Waals surface area contributed by atoms with Gasteiger partial charge in [-0.05, 0) is 6.92 Å². The van der Waals surface area contributed by atoms with Crippen LogP contribution in [-0.4, -0.2) is 55.7 Å². The molecule has 9 nitrogen and oxygen atoms in total.